The van der Waals surface area contributed by atoms with Crippen LogP contribution < -0.4 is 25.0 Å². The van der Waals surface area contributed by atoms with Crippen LogP contribution in [-0.2, 0) is 16.2 Å². The number of hydrazone groups is 1. The molecule has 13 heteroatoms. The Morgan fingerprint density at radius 3 is 2.35 bits per heavy atom. The van der Waals surface area contributed by atoms with E-state index in [9.17, 15) is 19.7 Å². The van der Waals surface area contributed by atoms with Gasteiger partial charge in [0.05, 0.1) is 34.9 Å². The number of carbonyl (C=O) groups excluding carboxylic acids is 2. The van der Waals surface area contributed by atoms with Crippen LogP contribution >= 0.6 is 23.2 Å². The molecule has 3 rings (SSSR count). The van der Waals surface area contributed by atoms with Crippen molar-refractivity contribution in [2.45, 2.75) is 45.9 Å². The van der Waals surface area contributed by atoms with E-state index in [1.165, 1.54) is 38.3 Å². The van der Waals surface area contributed by atoms with E-state index < -0.39 is 28.9 Å². The lowest BCUT2D eigenvalue weighted by molar-refractivity contribution is -0.385. The lowest BCUT2D eigenvalue weighted by atomic mass is 10.0. The van der Waals surface area contributed by atoms with E-state index in [1.54, 1.807) is 6.07 Å². The van der Waals surface area contributed by atoms with Crippen LogP contribution in [0.4, 0.5) is 5.69 Å². The van der Waals surface area contributed by atoms with Crippen molar-refractivity contribution in [2.24, 2.45) is 11.0 Å². The number of carbonyl (C=O) groups is 2. The van der Waals surface area contributed by atoms with Crippen LogP contribution in [0.25, 0.3) is 0 Å². The third-order valence-electron chi connectivity index (χ3n) is 6.03. The van der Waals surface area contributed by atoms with E-state index in [2.05, 4.69) is 15.8 Å². The molecule has 3 aromatic carbocycles. The first-order chi connectivity index (χ1) is 20.5. The maximum atomic E-state index is 13.0. The van der Waals surface area contributed by atoms with Gasteiger partial charge in [0, 0.05) is 5.02 Å². The summed E-state index contributed by atoms with van der Waals surface area (Å²) in [5.74, 6) is -0.452. The van der Waals surface area contributed by atoms with Crippen LogP contribution in [-0.4, -0.2) is 42.2 Å². The summed E-state index contributed by atoms with van der Waals surface area (Å²) in [5.41, 5.74) is 2.99. The molecule has 0 radical (unpaired) electrons. The predicted molar refractivity (Wildman–Crippen MR) is 164 cm³/mol. The van der Waals surface area contributed by atoms with Crippen molar-refractivity contribution in [1.29, 1.82) is 0 Å². The van der Waals surface area contributed by atoms with Crippen LogP contribution in [0.3, 0.4) is 0 Å². The lowest BCUT2D eigenvalue weighted by Crippen LogP contribution is -2.49. The molecule has 0 aliphatic rings. The van der Waals surface area contributed by atoms with Crippen molar-refractivity contribution >= 4 is 46.9 Å². The van der Waals surface area contributed by atoms with Gasteiger partial charge in [-0.3, -0.25) is 19.7 Å². The molecule has 0 fully saturated rings. The molecule has 0 aromatic heterocycles. The SMILES string of the molecule is COc1cc(/C=N\NC(=O)[C@@H](CC(C)C)NC(=O)[C@@H](C)Oc2ccc(Cl)cc2Cl)c([N+](=O)[O-])cc1OCc1ccccc1. The standard InChI is InChI=1S/C30H32Cl2N4O7/c1-18(2)12-24(34-29(37)19(3)43-26-11-10-22(31)14-23(26)32)30(38)35-33-16-21-13-27(41-4)28(15-25(21)36(39)40)42-17-20-8-6-5-7-9-20/h5-11,13-16,18-19,24H,12,17H2,1-4H3,(H,34,37)(H,35,38)/b33-16-/t19-,24-/m1/s1. The first-order valence-electron chi connectivity index (χ1n) is 13.3. The van der Waals surface area contributed by atoms with Gasteiger partial charge in [0.25, 0.3) is 17.5 Å². The molecular weight excluding hydrogens is 599 g/mol. The summed E-state index contributed by atoms with van der Waals surface area (Å²) in [6, 6.07) is 15.6. The number of methoxy groups -OCH3 is 1. The highest BCUT2D eigenvalue weighted by Gasteiger charge is 2.26. The molecule has 0 aliphatic carbocycles. The molecule has 11 nitrogen and oxygen atoms in total. The number of hydrogen-bond donors (Lipinski definition) is 2. The highest BCUT2D eigenvalue weighted by Crippen LogP contribution is 2.34. The average Bonchev–Trinajstić information content (AvgIpc) is 2.97. The summed E-state index contributed by atoms with van der Waals surface area (Å²) in [4.78, 5) is 37.1. The number of halogens is 2. The highest BCUT2D eigenvalue weighted by molar-refractivity contribution is 6.35. The molecule has 43 heavy (non-hydrogen) atoms. The number of nitrogens with zero attached hydrogens (tertiary/aromatic N) is 2. The van der Waals surface area contributed by atoms with E-state index in [0.29, 0.717) is 11.4 Å². The monoisotopic (exact) mass is 630 g/mol. The van der Waals surface area contributed by atoms with Crippen LogP contribution in [0.2, 0.25) is 10.0 Å². The minimum Gasteiger partial charge on any atom is -0.493 e. The molecule has 3 aromatic rings. The summed E-state index contributed by atoms with van der Waals surface area (Å²) in [5, 5.41) is 19.0. The Kier molecular flexibility index (Phi) is 12.2. The van der Waals surface area contributed by atoms with E-state index in [4.69, 9.17) is 37.4 Å². The van der Waals surface area contributed by atoms with Crippen molar-refractivity contribution in [3.63, 3.8) is 0 Å². The molecule has 2 amide bonds. The zero-order valence-electron chi connectivity index (χ0n) is 24.0. The Hall–Kier alpha value is -4.35. The molecule has 0 aliphatic heterocycles. The van der Waals surface area contributed by atoms with Crippen LogP contribution in [0.5, 0.6) is 17.2 Å². The van der Waals surface area contributed by atoms with E-state index in [1.807, 2.05) is 44.2 Å². The van der Waals surface area contributed by atoms with Crippen molar-refractivity contribution in [1.82, 2.24) is 10.7 Å². The quantitative estimate of drug-likeness (QED) is 0.128. The summed E-state index contributed by atoms with van der Waals surface area (Å²) >= 11 is 12.0. The van der Waals surface area contributed by atoms with E-state index >= 15 is 0 Å². The van der Waals surface area contributed by atoms with Gasteiger partial charge in [0.1, 0.15) is 18.4 Å². The Balaban J connectivity index is 1.71. The third-order valence-corrected chi connectivity index (χ3v) is 6.56. The molecule has 0 spiro atoms. The topological polar surface area (TPSA) is 141 Å². The number of nitrogens with one attached hydrogen (secondary N) is 2. The normalized spacial score (nSPS) is 12.4. The van der Waals surface area contributed by atoms with Gasteiger partial charge in [-0.25, -0.2) is 5.43 Å². The number of ether oxygens (including phenoxy) is 3. The number of nitro benzene ring substituents is 1. The molecule has 0 saturated heterocycles. The van der Waals surface area contributed by atoms with Gasteiger partial charge >= 0.3 is 0 Å². The molecule has 0 unspecified atom stereocenters. The molecular formula is C30H32Cl2N4O7. The molecule has 228 valence electrons. The minimum atomic E-state index is -0.984. The predicted octanol–water partition coefficient (Wildman–Crippen LogP) is 5.94. The zero-order valence-corrected chi connectivity index (χ0v) is 25.5. The number of rotatable bonds is 14. The van der Waals surface area contributed by atoms with Gasteiger partial charge in [0.2, 0.25) is 0 Å². The van der Waals surface area contributed by atoms with Crippen molar-refractivity contribution in [3.05, 3.63) is 92.0 Å². The Labute approximate surface area is 259 Å². The Bertz CT molecular complexity index is 1470. The smallest absolute Gasteiger partial charge is 0.282 e. The van der Waals surface area contributed by atoms with E-state index in [-0.39, 0.29) is 46.0 Å². The zero-order chi connectivity index (χ0) is 31.5. The number of hydrogen-bond acceptors (Lipinski definition) is 8. The van der Waals surface area contributed by atoms with Gasteiger partial charge in [-0.15, -0.1) is 0 Å². The fourth-order valence-electron chi connectivity index (χ4n) is 3.88. The Morgan fingerprint density at radius 2 is 1.72 bits per heavy atom. The van der Waals surface area contributed by atoms with Crippen LogP contribution in [0.1, 0.15) is 38.3 Å². The lowest BCUT2D eigenvalue weighted by Gasteiger charge is -2.22. The first-order valence-corrected chi connectivity index (χ1v) is 14.0. The maximum Gasteiger partial charge on any atom is 0.282 e. The van der Waals surface area contributed by atoms with Gasteiger partial charge < -0.3 is 19.5 Å². The molecule has 2 atom stereocenters. The van der Waals surface area contributed by atoms with Crippen molar-refractivity contribution < 1.29 is 28.7 Å². The molecule has 0 saturated carbocycles. The van der Waals surface area contributed by atoms with Gasteiger partial charge in [-0.05, 0) is 49.1 Å². The number of amides is 2. The van der Waals surface area contributed by atoms with Crippen molar-refractivity contribution in [2.75, 3.05) is 7.11 Å². The average molecular weight is 632 g/mol. The third kappa shape index (κ3) is 9.86. The second-order valence-corrected chi connectivity index (χ2v) is 10.7. The minimum absolute atomic E-state index is 0.0377. The van der Waals surface area contributed by atoms with Gasteiger partial charge in [0.15, 0.2) is 17.6 Å². The largest absolute Gasteiger partial charge is 0.493 e. The Morgan fingerprint density at radius 1 is 1.00 bits per heavy atom. The van der Waals surface area contributed by atoms with Gasteiger partial charge in [-0.1, -0.05) is 67.4 Å². The number of benzene rings is 3. The highest BCUT2D eigenvalue weighted by atomic mass is 35.5. The summed E-state index contributed by atoms with van der Waals surface area (Å²) in [6.07, 6.45) is 0.438. The fraction of sp³-hybridized carbons (Fsp3) is 0.300. The second kappa shape index (κ2) is 15.8. The van der Waals surface area contributed by atoms with Crippen molar-refractivity contribution in [3.8, 4) is 17.2 Å². The molecule has 0 bridgehead atoms. The van der Waals surface area contributed by atoms with Crippen LogP contribution in [0, 0.1) is 16.0 Å². The summed E-state index contributed by atoms with van der Waals surface area (Å²) in [7, 11) is 1.41. The summed E-state index contributed by atoms with van der Waals surface area (Å²) in [6.45, 7) is 5.47. The first kappa shape index (κ1) is 33.2. The fourth-order valence-corrected chi connectivity index (χ4v) is 4.34. The van der Waals surface area contributed by atoms with Gasteiger partial charge in [-0.2, -0.15) is 5.10 Å². The second-order valence-electron chi connectivity index (χ2n) is 9.85. The summed E-state index contributed by atoms with van der Waals surface area (Å²) < 4.78 is 16.8. The molecule has 2 N–H and O–H groups in total. The molecule has 0 heterocycles. The number of nitro groups is 1. The maximum absolute atomic E-state index is 13.0. The van der Waals surface area contributed by atoms with E-state index in [0.717, 1.165) is 11.8 Å². The van der Waals surface area contributed by atoms with Crippen LogP contribution in [0.15, 0.2) is 65.8 Å².